The van der Waals surface area contributed by atoms with Crippen molar-refractivity contribution >= 4 is 34.7 Å². The second kappa shape index (κ2) is 8.57. The van der Waals surface area contributed by atoms with E-state index in [1.54, 1.807) is 6.92 Å². The number of aromatic nitrogens is 2. The molecule has 7 nitrogen and oxygen atoms in total. The van der Waals surface area contributed by atoms with Gasteiger partial charge in [-0.15, -0.1) is 0 Å². The summed E-state index contributed by atoms with van der Waals surface area (Å²) in [6.45, 7) is 3.12. The van der Waals surface area contributed by atoms with Crippen LogP contribution in [0.1, 0.15) is 48.7 Å². The van der Waals surface area contributed by atoms with E-state index in [0.29, 0.717) is 24.2 Å². The number of carbonyl (C=O) groups excluding carboxylic acids is 1. The molecule has 1 aliphatic carbocycles. The monoisotopic (exact) mass is 492 g/mol. The molecule has 1 aromatic heterocycles. The molecule has 0 unspecified atom stereocenters. The van der Waals surface area contributed by atoms with Crippen LogP contribution in [0.3, 0.4) is 0 Å². The molecule has 178 valence electrons. The normalized spacial score (nSPS) is 25.8. The molecule has 35 heavy (non-hydrogen) atoms. The highest BCUT2D eigenvalue weighted by atomic mass is 32.2. The molecule has 2 atom stereocenters. The molecule has 0 saturated carbocycles. The molecular weight excluding hydrogens is 470 g/mol. The zero-order valence-corrected chi connectivity index (χ0v) is 19.8. The van der Waals surface area contributed by atoms with Gasteiger partial charge in [0.1, 0.15) is 27.9 Å². The van der Waals surface area contributed by atoms with Crippen LogP contribution in [0.15, 0.2) is 47.2 Å². The third-order valence-corrected chi connectivity index (χ3v) is 7.70. The highest BCUT2D eigenvalue weighted by Gasteiger charge is 2.63. The number of aliphatic imine (C=N–C) groups is 1. The molecule has 2 aromatic rings. The van der Waals surface area contributed by atoms with Gasteiger partial charge in [0.2, 0.25) is 5.91 Å². The van der Waals surface area contributed by atoms with Crippen LogP contribution in [-0.4, -0.2) is 43.8 Å². The molecule has 1 amide bonds. The molecule has 3 heterocycles. The molecule has 1 saturated heterocycles. The summed E-state index contributed by atoms with van der Waals surface area (Å²) in [6, 6.07) is 6.02. The third kappa shape index (κ3) is 4.00. The van der Waals surface area contributed by atoms with E-state index in [4.69, 9.17) is 11.0 Å². The van der Waals surface area contributed by atoms with E-state index in [2.05, 4.69) is 15.0 Å². The maximum atomic E-state index is 15.1. The Morgan fingerprint density at radius 3 is 2.71 bits per heavy atom. The zero-order valence-electron chi connectivity index (χ0n) is 19.0. The zero-order chi connectivity index (χ0) is 24.8. The lowest BCUT2D eigenvalue weighted by atomic mass is 9.85. The molecule has 0 bridgehead atoms. The molecule has 5 rings (SSSR count). The van der Waals surface area contributed by atoms with Crippen molar-refractivity contribution in [2.45, 2.75) is 36.5 Å². The lowest BCUT2D eigenvalue weighted by Crippen LogP contribution is -2.47. The number of likely N-dealkylation sites (tertiary alicyclic amines) is 1. The highest BCUT2D eigenvalue weighted by molar-refractivity contribution is 8.16. The summed E-state index contributed by atoms with van der Waals surface area (Å²) in [7, 11) is 0. The first-order chi connectivity index (χ1) is 16.8. The Labute approximate surface area is 205 Å². The van der Waals surface area contributed by atoms with Crippen LogP contribution >= 0.6 is 11.8 Å². The molecule has 2 N–H and O–H groups in total. The fourth-order valence-corrected chi connectivity index (χ4v) is 5.97. The van der Waals surface area contributed by atoms with Crippen LogP contribution < -0.4 is 5.73 Å². The number of halogens is 2. The van der Waals surface area contributed by atoms with E-state index in [9.17, 15) is 9.18 Å². The molecular formula is C25H22F2N6OS. The predicted molar refractivity (Wildman–Crippen MR) is 130 cm³/mol. The maximum absolute atomic E-state index is 15.1. The summed E-state index contributed by atoms with van der Waals surface area (Å²) in [4.78, 5) is 27.6. The molecule has 1 aromatic carbocycles. The second-order valence-electron chi connectivity index (χ2n) is 8.90. The summed E-state index contributed by atoms with van der Waals surface area (Å²) in [6.07, 6.45) is 8.39. The summed E-state index contributed by atoms with van der Waals surface area (Å²) >= 11 is 1.19. The Morgan fingerprint density at radius 1 is 1.26 bits per heavy atom. The second-order valence-corrected chi connectivity index (χ2v) is 10.2. The van der Waals surface area contributed by atoms with Crippen LogP contribution in [0, 0.1) is 17.1 Å². The molecule has 1 fully saturated rings. The highest BCUT2D eigenvalue weighted by Crippen LogP contribution is 2.61. The summed E-state index contributed by atoms with van der Waals surface area (Å²) in [5, 5.41) is 9.03. The topological polar surface area (TPSA) is 108 Å². The Hall–Kier alpha value is -3.58. The van der Waals surface area contributed by atoms with E-state index in [0.717, 1.165) is 25.5 Å². The molecule has 3 aliphatic rings. The number of thioether (sulfide) groups is 1. The van der Waals surface area contributed by atoms with Crippen molar-refractivity contribution in [1.29, 1.82) is 5.26 Å². The lowest BCUT2D eigenvalue weighted by molar-refractivity contribution is -0.131. The number of nitrogens with two attached hydrogens (primary N) is 1. The van der Waals surface area contributed by atoms with E-state index in [-0.39, 0.29) is 28.0 Å². The fraction of sp³-hybridized carbons (Fsp3) is 0.320. The number of rotatable bonds is 4. The van der Waals surface area contributed by atoms with E-state index < -0.39 is 21.9 Å². The first-order valence-electron chi connectivity index (χ1n) is 11.2. The molecule has 0 radical (unpaired) electrons. The largest absolute Gasteiger partial charge is 0.378 e. The summed E-state index contributed by atoms with van der Waals surface area (Å²) in [5.41, 5.74) is 6.27. The standard InChI is InChI=1S/C25H22F2N6OS/c1-24(21-11-25(21,35-23(29)32-24)22(34)33-7-3-2-4-8-33)17-9-15(5-6-18(17)26)10-19(27)20-14-30-16(12-28)13-31-20/h5-6,9-11,13-14H,2-4,7-8H2,1H3,(H2,29,32)/b19-10-/t24-,25+/m1/s1. The van der Waals surface area contributed by atoms with Gasteiger partial charge in [-0.05, 0) is 55.5 Å². The number of hydrogen-bond acceptors (Lipinski definition) is 7. The van der Waals surface area contributed by atoms with Gasteiger partial charge in [0.15, 0.2) is 16.7 Å². The van der Waals surface area contributed by atoms with Crippen LogP contribution in [0.4, 0.5) is 8.78 Å². The van der Waals surface area contributed by atoms with Crippen molar-refractivity contribution in [2.24, 2.45) is 10.7 Å². The molecule has 0 spiro atoms. The van der Waals surface area contributed by atoms with Gasteiger partial charge in [0, 0.05) is 18.7 Å². The first kappa shape index (κ1) is 23.2. The van der Waals surface area contributed by atoms with Gasteiger partial charge in [-0.3, -0.25) is 4.79 Å². The van der Waals surface area contributed by atoms with Crippen molar-refractivity contribution in [3.05, 3.63) is 70.6 Å². The smallest absolute Gasteiger partial charge is 0.247 e. The molecule has 10 heteroatoms. The minimum Gasteiger partial charge on any atom is -0.378 e. The number of carbonyl (C=O) groups is 1. The van der Waals surface area contributed by atoms with E-state index in [1.165, 1.54) is 42.2 Å². The Balaban J connectivity index is 1.48. The number of piperidine rings is 1. The SMILES string of the molecule is C[C@]1(c2cc(/C=C(\F)c3cnc(C#N)cn3)ccc2F)N=C(N)S[C@@]2(C(=O)N3CCCCC3)C=C21. The van der Waals surface area contributed by atoms with Crippen molar-refractivity contribution in [3.63, 3.8) is 0 Å². The van der Waals surface area contributed by atoms with Crippen LogP contribution in [-0.2, 0) is 10.3 Å². The van der Waals surface area contributed by atoms with Crippen molar-refractivity contribution in [1.82, 2.24) is 14.9 Å². The summed E-state index contributed by atoms with van der Waals surface area (Å²) in [5.74, 6) is -1.26. The van der Waals surface area contributed by atoms with Gasteiger partial charge in [-0.1, -0.05) is 23.9 Å². The maximum Gasteiger partial charge on any atom is 0.247 e. The van der Waals surface area contributed by atoms with Gasteiger partial charge in [0.05, 0.1) is 12.4 Å². The van der Waals surface area contributed by atoms with Crippen LogP contribution in [0.2, 0.25) is 0 Å². The van der Waals surface area contributed by atoms with Gasteiger partial charge in [-0.25, -0.2) is 23.7 Å². The number of benzene rings is 1. The number of hydrogen-bond donors (Lipinski definition) is 1. The van der Waals surface area contributed by atoms with E-state index in [1.807, 2.05) is 17.0 Å². The van der Waals surface area contributed by atoms with E-state index >= 15 is 4.39 Å². The quantitative estimate of drug-likeness (QED) is 0.648. The number of nitriles is 1. The van der Waals surface area contributed by atoms with Gasteiger partial charge in [0.25, 0.3) is 0 Å². The average Bonchev–Trinajstić information content (AvgIpc) is 3.62. The number of amidine groups is 1. The van der Waals surface area contributed by atoms with Crippen molar-refractivity contribution in [3.8, 4) is 6.07 Å². The number of amides is 1. The van der Waals surface area contributed by atoms with Crippen molar-refractivity contribution in [2.75, 3.05) is 13.1 Å². The summed E-state index contributed by atoms with van der Waals surface area (Å²) < 4.78 is 29.0. The molecule has 2 aliphatic heterocycles. The lowest BCUT2D eigenvalue weighted by Gasteiger charge is -2.37. The third-order valence-electron chi connectivity index (χ3n) is 6.57. The Morgan fingerprint density at radius 2 is 2.03 bits per heavy atom. The van der Waals surface area contributed by atoms with Gasteiger partial charge in [-0.2, -0.15) is 5.26 Å². The number of nitrogens with zero attached hydrogens (tertiary/aromatic N) is 5. The van der Waals surface area contributed by atoms with Crippen molar-refractivity contribution < 1.29 is 13.6 Å². The van der Waals surface area contributed by atoms with Gasteiger partial charge < -0.3 is 10.6 Å². The minimum atomic E-state index is -1.20. The Kier molecular flexibility index (Phi) is 5.68. The predicted octanol–water partition coefficient (Wildman–Crippen LogP) is 3.92. The van der Waals surface area contributed by atoms with Gasteiger partial charge >= 0.3 is 0 Å². The minimum absolute atomic E-state index is 0.0387. The van der Waals surface area contributed by atoms with Crippen LogP contribution in [0.25, 0.3) is 11.9 Å². The van der Waals surface area contributed by atoms with Crippen LogP contribution in [0.5, 0.6) is 0 Å². The average molecular weight is 493 g/mol. The number of fused-ring (bicyclic) bond motifs is 1. The first-order valence-corrected chi connectivity index (χ1v) is 12.1. The fourth-order valence-electron chi connectivity index (χ4n) is 4.72. The Bertz CT molecular complexity index is 1340.